The van der Waals surface area contributed by atoms with E-state index in [0.29, 0.717) is 6.04 Å². The highest BCUT2D eigenvalue weighted by Gasteiger charge is 2.28. The van der Waals surface area contributed by atoms with E-state index >= 15 is 0 Å². The molecule has 100 valence electrons. The van der Waals surface area contributed by atoms with Gasteiger partial charge in [-0.25, -0.2) is 9.89 Å². The molecule has 1 fully saturated rings. The van der Waals surface area contributed by atoms with Crippen molar-refractivity contribution >= 4 is 17.4 Å². The number of hydrogen-bond acceptors (Lipinski definition) is 4. The quantitative estimate of drug-likeness (QED) is 0.645. The van der Waals surface area contributed by atoms with E-state index in [4.69, 9.17) is 5.73 Å². The van der Waals surface area contributed by atoms with Gasteiger partial charge in [0.1, 0.15) is 0 Å². The van der Waals surface area contributed by atoms with Gasteiger partial charge in [-0.1, -0.05) is 30.0 Å². The van der Waals surface area contributed by atoms with Crippen LogP contribution in [0.2, 0.25) is 0 Å². The third-order valence-electron chi connectivity index (χ3n) is 3.24. The molecule has 2 aromatic rings. The van der Waals surface area contributed by atoms with E-state index in [0.717, 1.165) is 41.4 Å². The van der Waals surface area contributed by atoms with E-state index in [1.54, 1.807) is 16.3 Å². The maximum Gasteiger partial charge on any atom is 0.344 e. The maximum absolute atomic E-state index is 11.6. The first-order valence-corrected chi connectivity index (χ1v) is 7.37. The summed E-state index contributed by atoms with van der Waals surface area (Å²) in [6, 6.07) is 8.23. The number of nitrogens with one attached hydrogen (secondary N) is 1. The SMILES string of the molecule is Nc1ccccc1CCSc1n[nH]c(=O)n1C1CC1. The summed E-state index contributed by atoms with van der Waals surface area (Å²) in [6.07, 6.45) is 3.04. The lowest BCUT2D eigenvalue weighted by Gasteiger charge is -2.05. The first-order valence-electron chi connectivity index (χ1n) is 6.39. The molecule has 3 N–H and O–H groups in total. The second kappa shape index (κ2) is 5.13. The van der Waals surface area contributed by atoms with E-state index in [1.807, 2.05) is 24.3 Å². The molecule has 0 bridgehead atoms. The molecule has 1 aromatic carbocycles. The van der Waals surface area contributed by atoms with Crippen molar-refractivity contribution in [3.63, 3.8) is 0 Å². The third-order valence-corrected chi connectivity index (χ3v) is 4.20. The second-order valence-corrected chi connectivity index (χ2v) is 5.77. The standard InChI is InChI=1S/C13H16N4OS/c14-11-4-2-1-3-9(11)7-8-19-13-16-15-12(18)17(13)10-5-6-10/h1-4,10H,5-8,14H2,(H,15,18). The lowest BCUT2D eigenvalue weighted by molar-refractivity contribution is 0.642. The summed E-state index contributed by atoms with van der Waals surface area (Å²) in [6.45, 7) is 0. The summed E-state index contributed by atoms with van der Waals surface area (Å²) in [7, 11) is 0. The molecule has 0 amide bonds. The number of hydrogen-bond donors (Lipinski definition) is 2. The number of nitrogen functional groups attached to an aromatic ring is 1. The Morgan fingerprint density at radius 1 is 1.42 bits per heavy atom. The number of nitrogens with zero attached hydrogens (tertiary/aromatic N) is 2. The zero-order chi connectivity index (χ0) is 13.2. The van der Waals surface area contributed by atoms with Crippen molar-refractivity contribution < 1.29 is 0 Å². The van der Waals surface area contributed by atoms with Crippen molar-refractivity contribution in [2.45, 2.75) is 30.5 Å². The number of para-hydroxylation sites is 1. The van der Waals surface area contributed by atoms with Crippen molar-refractivity contribution in [3.8, 4) is 0 Å². The molecule has 1 aliphatic carbocycles. The largest absolute Gasteiger partial charge is 0.399 e. The number of aromatic amines is 1. The zero-order valence-corrected chi connectivity index (χ0v) is 11.3. The van der Waals surface area contributed by atoms with E-state index in [9.17, 15) is 4.79 Å². The fourth-order valence-electron chi connectivity index (χ4n) is 2.06. The average Bonchev–Trinajstić information content (AvgIpc) is 3.17. The summed E-state index contributed by atoms with van der Waals surface area (Å²) in [5.41, 5.74) is 7.78. The van der Waals surface area contributed by atoms with Crippen molar-refractivity contribution in [3.05, 3.63) is 40.3 Å². The molecule has 0 atom stereocenters. The van der Waals surface area contributed by atoms with Crippen molar-refractivity contribution in [1.29, 1.82) is 0 Å². The number of aryl methyl sites for hydroxylation is 1. The van der Waals surface area contributed by atoms with Gasteiger partial charge in [-0.3, -0.25) is 4.57 Å². The highest BCUT2D eigenvalue weighted by atomic mass is 32.2. The number of anilines is 1. The molecule has 6 heteroatoms. The second-order valence-electron chi connectivity index (χ2n) is 4.71. The van der Waals surface area contributed by atoms with Crippen LogP contribution in [-0.2, 0) is 6.42 Å². The number of benzene rings is 1. The summed E-state index contributed by atoms with van der Waals surface area (Å²) in [5.74, 6) is 0.866. The van der Waals surface area contributed by atoms with E-state index in [2.05, 4.69) is 10.2 Å². The third kappa shape index (κ3) is 2.68. The molecule has 0 unspecified atom stereocenters. The van der Waals surface area contributed by atoms with Crippen molar-refractivity contribution in [2.24, 2.45) is 0 Å². The molecule has 1 aromatic heterocycles. The normalized spacial score (nSPS) is 14.7. The van der Waals surface area contributed by atoms with E-state index in [1.165, 1.54) is 0 Å². The first kappa shape index (κ1) is 12.3. The molecular weight excluding hydrogens is 260 g/mol. The van der Waals surface area contributed by atoms with Gasteiger partial charge in [0.05, 0.1) is 0 Å². The summed E-state index contributed by atoms with van der Waals surface area (Å²) in [4.78, 5) is 11.6. The Kier molecular flexibility index (Phi) is 3.33. The fourth-order valence-corrected chi connectivity index (χ4v) is 3.05. The predicted molar refractivity (Wildman–Crippen MR) is 76.4 cm³/mol. The average molecular weight is 276 g/mol. The Labute approximate surface area is 115 Å². The number of rotatable bonds is 5. The van der Waals surface area contributed by atoms with Gasteiger partial charge in [-0.2, -0.15) is 0 Å². The Balaban J connectivity index is 1.64. The maximum atomic E-state index is 11.6. The van der Waals surface area contributed by atoms with Crippen LogP contribution < -0.4 is 11.4 Å². The minimum absolute atomic E-state index is 0.0933. The molecule has 0 aliphatic heterocycles. The van der Waals surface area contributed by atoms with Crippen LogP contribution in [0.5, 0.6) is 0 Å². The minimum Gasteiger partial charge on any atom is -0.399 e. The topological polar surface area (TPSA) is 76.7 Å². The van der Waals surface area contributed by atoms with E-state index < -0.39 is 0 Å². The Bertz CT molecular complexity index is 630. The van der Waals surface area contributed by atoms with Crippen LogP contribution >= 0.6 is 11.8 Å². The van der Waals surface area contributed by atoms with Crippen molar-refractivity contribution in [1.82, 2.24) is 14.8 Å². The molecule has 5 nitrogen and oxygen atoms in total. The molecule has 3 rings (SSSR count). The van der Waals surface area contributed by atoms with Gasteiger partial charge in [-0.15, -0.1) is 5.10 Å². The van der Waals surface area contributed by atoms with Gasteiger partial charge in [0.15, 0.2) is 5.16 Å². The fraction of sp³-hybridized carbons (Fsp3) is 0.385. The monoisotopic (exact) mass is 276 g/mol. The van der Waals surface area contributed by atoms with Crippen LogP contribution in [-0.4, -0.2) is 20.5 Å². The summed E-state index contributed by atoms with van der Waals surface area (Å²) >= 11 is 1.60. The highest BCUT2D eigenvalue weighted by molar-refractivity contribution is 7.99. The summed E-state index contributed by atoms with van der Waals surface area (Å²) < 4.78 is 1.78. The number of aromatic nitrogens is 3. The van der Waals surface area contributed by atoms with Gasteiger partial charge in [0, 0.05) is 17.5 Å². The van der Waals surface area contributed by atoms with Gasteiger partial charge in [0.2, 0.25) is 0 Å². The smallest absolute Gasteiger partial charge is 0.344 e. The molecule has 0 radical (unpaired) electrons. The lowest BCUT2D eigenvalue weighted by atomic mass is 10.1. The molecule has 0 saturated heterocycles. The van der Waals surface area contributed by atoms with Crippen molar-refractivity contribution in [2.75, 3.05) is 11.5 Å². The van der Waals surface area contributed by atoms with Crippen LogP contribution in [0.25, 0.3) is 0 Å². The van der Waals surface area contributed by atoms with Gasteiger partial charge < -0.3 is 5.73 Å². The van der Waals surface area contributed by atoms with E-state index in [-0.39, 0.29) is 5.69 Å². The minimum atomic E-state index is -0.0933. The number of H-pyrrole nitrogens is 1. The number of nitrogens with two attached hydrogens (primary N) is 1. The van der Waals surface area contributed by atoms with Crippen LogP contribution in [0.1, 0.15) is 24.4 Å². The Morgan fingerprint density at radius 3 is 2.95 bits per heavy atom. The lowest BCUT2D eigenvalue weighted by Crippen LogP contribution is -2.16. The summed E-state index contributed by atoms with van der Waals surface area (Å²) in [5, 5.41) is 7.41. The first-order chi connectivity index (χ1) is 9.25. The zero-order valence-electron chi connectivity index (χ0n) is 10.5. The van der Waals surface area contributed by atoms with Gasteiger partial charge in [-0.05, 0) is 30.9 Å². The molecule has 19 heavy (non-hydrogen) atoms. The van der Waals surface area contributed by atoms with Gasteiger partial charge >= 0.3 is 5.69 Å². The molecule has 1 heterocycles. The molecule has 1 aliphatic rings. The van der Waals surface area contributed by atoms with Crippen LogP contribution in [0.4, 0.5) is 5.69 Å². The number of thioether (sulfide) groups is 1. The molecule has 1 saturated carbocycles. The molecule has 0 spiro atoms. The van der Waals surface area contributed by atoms with Crippen LogP contribution in [0, 0.1) is 0 Å². The van der Waals surface area contributed by atoms with Gasteiger partial charge in [0.25, 0.3) is 0 Å². The van der Waals surface area contributed by atoms with Crippen LogP contribution in [0.15, 0.2) is 34.2 Å². The Hall–Kier alpha value is -1.69. The highest BCUT2D eigenvalue weighted by Crippen LogP contribution is 2.36. The predicted octanol–water partition coefficient (Wildman–Crippen LogP) is 1.82. The van der Waals surface area contributed by atoms with Crippen LogP contribution in [0.3, 0.4) is 0 Å². The molecular formula is C13H16N4OS. The Morgan fingerprint density at radius 2 is 2.21 bits per heavy atom.